The molecule has 2 aromatic carbocycles. The molecule has 8 nitrogen and oxygen atoms in total. The number of piperidine rings is 1. The van der Waals surface area contributed by atoms with Crippen LogP contribution in [0.1, 0.15) is 56.5 Å². The van der Waals surface area contributed by atoms with Crippen LogP contribution in [0.4, 0.5) is 6.01 Å². The molecule has 2 heterocycles. The van der Waals surface area contributed by atoms with Crippen molar-refractivity contribution in [3.05, 3.63) is 47.5 Å². The third-order valence-corrected chi connectivity index (χ3v) is 5.83. The van der Waals surface area contributed by atoms with Gasteiger partial charge in [0.15, 0.2) is 5.58 Å². The van der Waals surface area contributed by atoms with Gasteiger partial charge < -0.3 is 28.8 Å². The summed E-state index contributed by atoms with van der Waals surface area (Å²) in [7, 11) is 1.37. The van der Waals surface area contributed by atoms with Gasteiger partial charge in [0.25, 0.3) is 6.01 Å². The molecule has 1 fully saturated rings. The number of aromatic nitrogens is 1. The van der Waals surface area contributed by atoms with Gasteiger partial charge in [-0.3, -0.25) is 0 Å². The van der Waals surface area contributed by atoms with Crippen molar-refractivity contribution in [2.45, 2.75) is 65.3 Å². The van der Waals surface area contributed by atoms with Crippen molar-refractivity contribution in [2.24, 2.45) is 0 Å². The first-order chi connectivity index (χ1) is 16.8. The summed E-state index contributed by atoms with van der Waals surface area (Å²) in [6.45, 7) is 10.5. The Morgan fingerprint density at radius 2 is 1.71 bits per heavy atom. The van der Waals surface area contributed by atoms with Gasteiger partial charge in [0.1, 0.15) is 17.0 Å². The Balaban J connectivity index is 1.70. The molecule has 1 aliphatic rings. The zero-order valence-corrected chi connectivity index (χ0v) is 21.2. The molecule has 1 saturated heterocycles. The molecule has 1 aliphatic heterocycles. The molecule has 3 aromatic rings. The van der Waals surface area contributed by atoms with Gasteiger partial charge in [-0.15, -0.1) is 0 Å². The monoisotopic (exact) mass is 481 g/mol. The van der Waals surface area contributed by atoms with Gasteiger partial charge in [-0.2, -0.15) is 4.98 Å². The number of hydrogen-bond donors (Lipinski definition) is 1. The Bertz CT molecular complexity index is 1120. The quantitative estimate of drug-likeness (QED) is 0.430. The maximum absolute atomic E-state index is 12.0. The van der Waals surface area contributed by atoms with E-state index in [-0.39, 0.29) is 18.2 Å². The molecule has 0 saturated carbocycles. The molecular formula is C27H35N3O5. The van der Waals surface area contributed by atoms with Crippen molar-refractivity contribution in [3.8, 4) is 11.5 Å². The molecule has 4 rings (SSSR count). The Labute approximate surface area is 206 Å². The lowest BCUT2D eigenvalue weighted by molar-refractivity contribution is 0.0601. The molecule has 0 aliphatic carbocycles. The molecule has 0 unspecified atom stereocenters. The van der Waals surface area contributed by atoms with E-state index in [1.165, 1.54) is 7.11 Å². The van der Waals surface area contributed by atoms with E-state index in [1.54, 1.807) is 18.2 Å². The highest BCUT2D eigenvalue weighted by molar-refractivity contribution is 5.93. The number of oxazole rings is 1. The summed E-state index contributed by atoms with van der Waals surface area (Å²) in [5.41, 5.74) is 2.76. The predicted octanol–water partition coefficient (Wildman–Crippen LogP) is 4.95. The van der Waals surface area contributed by atoms with Crippen molar-refractivity contribution in [1.82, 2.24) is 10.3 Å². The number of hydrogen-bond acceptors (Lipinski definition) is 8. The number of carbonyl (C=O) groups excluding carboxylic acids is 1. The average molecular weight is 482 g/mol. The van der Waals surface area contributed by atoms with Gasteiger partial charge in [-0.05, 0) is 89.5 Å². The number of methoxy groups -OCH3 is 1. The Morgan fingerprint density at radius 1 is 1.06 bits per heavy atom. The lowest BCUT2D eigenvalue weighted by Crippen LogP contribution is -2.43. The van der Waals surface area contributed by atoms with Crippen LogP contribution in [0, 0.1) is 0 Å². The van der Waals surface area contributed by atoms with Gasteiger partial charge in [0, 0.05) is 18.7 Å². The number of esters is 1. The molecule has 0 bridgehead atoms. The SMILES string of the molecule is COC(=O)c1ccc2oc(N(Cc3cc(OC(C)C)cc(OC(C)C)c3)C3CCNCC3)nc2c1. The lowest BCUT2D eigenvalue weighted by atomic mass is 10.0. The van der Waals surface area contributed by atoms with Crippen LogP contribution in [-0.4, -0.2) is 49.4 Å². The second-order valence-corrected chi connectivity index (χ2v) is 9.43. The van der Waals surface area contributed by atoms with Crippen LogP contribution < -0.4 is 19.7 Å². The summed E-state index contributed by atoms with van der Waals surface area (Å²) in [5.74, 6) is 1.16. The van der Waals surface area contributed by atoms with Crippen LogP contribution in [0.15, 0.2) is 40.8 Å². The topological polar surface area (TPSA) is 86.1 Å². The van der Waals surface area contributed by atoms with E-state index >= 15 is 0 Å². The number of benzene rings is 2. The number of rotatable bonds is 9. The summed E-state index contributed by atoms with van der Waals surface area (Å²) < 4.78 is 23.1. The molecule has 1 N–H and O–H groups in total. The smallest absolute Gasteiger partial charge is 0.337 e. The fourth-order valence-corrected chi connectivity index (χ4v) is 4.35. The van der Waals surface area contributed by atoms with Crippen molar-refractivity contribution in [1.29, 1.82) is 0 Å². The van der Waals surface area contributed by atoms with Gasteiger partial charge in [0.05, 0.1) is 24.9 Å². The highest BCUT2D eigenvalue weighted by Gasteiger charge is 2.26. The zero-order valence-electron chi connectivity index (χ0n) is 21.2. The highest BCUT2D eigenvalue weighted by atomic mass is 16.5. The first-order valence-corrected chi connectivity index (χ1v) is 12.3. The lowest BCUT2D eigenvalue weighted by Gasteiger charge is -2.33. The predicted molar refractivity (Wildman–Crippen MR) is 135 cm³/mol. The van der Waals surface area contributed by atoms with Gasteiger partial charge >= 0.3 is 5.97 Å². The summed E-state index contributed by atoms with van der Waals surface area (Å²) in [6, 6.07) is 12.0. The largest absolute Gasteiger partial charge is 0.491 e. The molecule has 8 heteroatoms. The van der Waals surface area contributed by atoms with Crippen LogP contribution >= 0.6 is 0 Å². The maximum Gasteiger partial charge on any atom is 0.337 e. The van der Waals surface area contributed by atoms with Crippen molar-refractivity contribution < 1.29 is 23.4 Å². The van der Waals surface area contributed by atoms with E-state index in [0.29, 0.717) is 29.2 Å². The fraction of sp³-hybridized carbons (Fsp3) is 0.481. The molecule has 35 heavy (non-hydrogen) atoms. The number of fused-ring (bicyclic) bond motifs is 1. The molecule has 0 atom stereocenters. The first-order valence-electron chi connectivity index (χ1n) is 12.3. The third-order valence-electron chi connectivity index (χ3n) is 5.83. The standard InChI is InChI=1S/C27H35N3O5/c1-17(2)33-22-12-19(13-23(15-22)34-18(3)4)16-30(21-8-10-28-11-9-21)27-29-24-14-20(26(31)32-5)6-7-25(24)35-27/h6-7,12-15,17-18,21,28H,8-11,16H2,1-5H3. The van der Waals surface area contributed by atoms with E-state index < -0.39 is 5.97 Å². The van der Waals surface area contributed by atoms with Gasteiger partial charge in [0.2, 0.25) is 0 Å². The van der Waals surface area contributed by atoms with Gasteiger partial charge in [-0.1, -0.05) is 0 Å². The van der Waals surface area contributed by atoms with Gasteiger partial charge in [-0.25, -0.2) is 4.79 Å². The number of nitrogens with zero attached hydrogens (tertiary/aromatic N) is 2. The highest BCUT2D eigenvalue weighted by Crippen LogP contribution is 2.31. The van der Waals surface area contributed by atoms with E-state index in [9.17, 15) is 4.79 Å². The molecular weight excluding hydrogens is 446 g/mol. The first kappa shape index (κ1) is 24.9. The number of anilines is 1. The molecule has 0 spiro atoms. The second kappa shape index (κ2) is 11.0. The fourth-order valence-electron chi connectivity index (χ4n) is 4.35. The Hall–Kier alpha value is -3.26. The Kier molecular flexibility index (Phi) is 7.80. The number of nitrogens with one attached hydrogen (secondary N) is 1. The summed E-state index contributed by atoms with van der Waals surface area (Å²) in [6.07, 6.45) is 2.06. The normalized spacial score (nSPS) is 14.5. The summed E-state index contributed by atoms with van der Waals surface area (Å²) >= 11 is 0. The van der Waals surface area contributed by atoms with E-state index in [1.807, 2.05) is 33.8 Å². The molecule has 188 valence electrons. The van der Waals surface area contributed by atoms with E-state index in [4.69, 9.17) is 23.6 Å². The van der Waals surface area contributed by atoms with Crippen LogP contribution in [-0.2, 0) is 11.3 Å². The zero-order chi connectivity index (χ0) is 24.9. The third kappa shape index (κ3) is 6.25. The van der Waals surface area contributed by atoms with Crippen molar-refractivity contribution in [3.63, 3.8) is 0 Å². The number of carbonyl (C=O) groups is 1. The summed E-state index contributed by atoms with van der Waals surface area (Å²) in [4.78, 5) is 19.0. The summed E-state index contributed by atoms with van der Waals surface area (Å²) in [5, 5.41) is 3.43. The van der Waals surface area contributed by atoms with E-state index in [2.05, 4.69) is 22.3 Å². The van der Waals surface area contributed by atoms with E-state index in [0.717, 1.165) is 43.0 Å². The minimum atomic E-state index is -0.397. The van der Waals surface area contributed by atoms with Crippen LogP contribution in [0.5, 0.6) is 11.5 Å². The average Bonchev–Trinajstić information content (AvgIpc) is 3.24. The number of ether oxygens (including phenoxy) is 3. The second-order valence-electron chi connectivity index (χ2n) is 9.43. The molecule has 0 amide bonds. The van der Waals surface area contributed by atoms with Crippen molar-refractivity contribution >= 4 is 23.1 Å². The molecule has 0 radical (unpaired) electrons. The maximum atomic E-state index is 12.0. The van der Waals surface area contributed by atoms with Crippen LogP contribution in [0.25, 0.3) is 11.1 Å². The van der Waals surface area contributed by atoms with Crippen molar-refractivity contribution in [2.75, 3.05) is 25.1 Å². The minimum Gasteiger partial charge on any atom is -0.491 e. The Morgan fingerprint density at radius 3 is 2.31 bits per heavy atom. The van der Waals surface area contributed by atoms with Crippen LogP contribution in [0.2, 0.25) is 0 Å². The van der Waals surface area contributed by atoms with Crippen LogP contribution in [0.3, 0.4) is 0 Å². The molecule has 1 aromatic heterocycles. The minimum absolute atomic E-state index is 0.0544.